The van der Waals surface area contributed by atoms with Gasteiger partial charge in [-0.15, -0.1) is 0 Å². The van der Waals surface area contributed by atoms with Gasteiger partial charge in [-0.25, -0.2) is 0 Å². The quantitative estimate of drug-likeness (QED) is 0.273. The van der Waals surface area contributed by atoms with Crippen molar-refractivity contribution < 1.29 is 34.8 Å². The molecule has 21 heavy (non-hydrogen) atoms. The average molecular weight is 308 g/mol. The predicted octanol–water partition coefficient (Wildman–Crippen LogP) is 1.39. The molecular formula is C14H28O7. The van der Waals surface area contributed by atoms with Gasteiger partial charge in [0.05, 0.1) is 6.61 Å². The minimum Gasteiger partial charge on any atom is -0.481 e. The first kappa shape index (κ1) is 22.1. The summed E-state index contributed by atoms with van der Waals surface area (Å²) in [6.45, 7) is 4.14. The monoisotopic (exact) mass is 308 g/mol. The Morgan fingerprint density at radius 3 is 1.95 bits per heavy atom. The SMILES string of the molecule is CCCCCC(O)(O)O.CCOC(=O)CCCCC(=O)O. The first-order valence-corrected chi connectivity index (χ1v) is 7.27. The third kappa shape index (κ3) is 24.2. The molecule has 0 aliphatic heterocycles. The number of hydrogen-bond acceptors (Lipinski definition) is 6. The summed E-state index contributed by atoms with van der Waals surface area (Å²) < 4.78 is 4.66. The van der Waals surface area contributed by atoms with E-state index in [0.717, 1.165) is 12.8 Å². The van der Waals surface area contributed by atoms with E-state index in [4.69, 9.17) is 20.4 Å². The van der Waals surface area contributed by atoms with Gasteiger partial charge in [0.15, 0.2) is 0 Å². The minimum absolute atomic E-state index is 0.0425. The molecule has 7 heteroatoms. The van der Waals surface area contributed by atoms with Crippen LogP contribution < -0.4 is 0 Å². The number of aliphatic hydroxyl groups is 3. The second-order valence-electron chi connectivity index (χ2n) is 4.64. The van der Waals surface area contributed by atoms with Crippen LogP contribution in [0.2, 0.25) is 0 Å². The molecule has 0 radical (unpaired) electrons. The highest BCUT2D eigenvalue weighted by Crippen LogP contribution is 2.07. The molecule has 0 heterocycles. The molecular weight excluding hydrogens is 280 g/mol. The smallest absolute Gasteiger partial charge is 0.305 e. The molecule has 0 amide bonds. The molecule has 0 rings (SSSR count). The van der Waals surface area contributed by atoms with Gasteiger partial charge in [0.25, 0.3) is 5.97 Å². The Kier molecular flexibility index (Phi) is 14.5. The van der Waals surface area contributed by atoms with Crippen molar-refractivity contribution in [3.63, 3.8) is 0 Å². The maximum atomic E-state index is 10.7. The number of unbranched alkanes of at least 4 members (excludes halogenated alkanes) is 3. The standard InChI is InChI=1S/C8H14O4.C6H14O3/c1-2-12-8(11)6-4-3-5-7(9)10;1-2-3-4-5-6(7,8)9/h2-6H2,1H3,(H,9,10);7-9H,2-5H2,1H3. The molecule has 0 bridgehead atoms. The predicted molar refractivity (Wildman–Crippen MR) is 76.3 cm³/mol. The summed E-state index contributed by atoms with van der Waals surface area (Å²) in [6, 6.07) is 0. The molecule has 0 unspecified atom stereocenters. The first-order valence-electron chi connectivity index (χ1n) is 7.27. The second-order valence-corrected chi connectivity index (χ2v) is 4.64. The number of ether oxygens (including phenoxy) is 1. The number of carbonyl (C=O) groups is 2. The van der Waals surface area contributed by atoms with Gasteiger partial charge in [-0.3, -0.25) is 9.59 Å². The summed E-state index contributed by atoms with van der Waals surface area (Å²) in [5.41, 5.74) is 0. The van der Waals surface area contributed by atoms with Crippen LogP contribution in [0.4, 0.5) is 0 Å². The van der Waals surface area contributed by atoms with Gasteiger partial charge < -0.3 is 25.2 Å². The largest absolute Gasteiger partial charge is 0.481 e. The van der Waals surface area contributed by atoms with Gasteiger partial charge in [0.1, 0.15) is 0 Å². The molecule has 0 saturated heterocycles. The van der Waals surface area contributed by atoms with Crippen LogP contribution in [0.15, 0.2) is 0 Å². The Morgan fingerprint density at radius 2 is 1.52 bits per heavy atom. The van der Waals surface area contributed by atoms with Gasteiger partial charge in [-0.2, -0.15) is 0 Å². The second kappa shape index (κ2) is 13.8. The number of aliphatic carboxylic acids is 1. The lowest BCUT2D eigenvalue weighted by Gasteiger charge is -2.12. The zero-order chi connectivity index (χ0) is 16.7. The number of carboxylic acid groups (broad SMARTS) is 1. The van der Waals surface area contributed by atoms with E-state index >= 15 is 0 Å². The van der Waals surface area contributed by atoms with Crippen LogP contribution in [0.5, 0.6) is 0 Å². The van der Waals surface area contributed by atoms with Gasteiger partial charge in [-0.1, -0.05) is 19.8 Å². The van der Waals surface area contributed by atoms with Crippen molar-refractivity contribution in [2.45, 2.75) is 71.2 Å². The fourth-order valence-corrected chi connectivity index (χ4v) is 1.39. The number of hydrogen-bond donors (Lipinski definition) is 4. The molecule has 0 aromatic carbocycles. The summed E-state index contributed by atoms with van der Waals surface area (Å²) in [4.78, 5) is 20.8. The van der Waals surface area contributed by atoms with Crippen LogP contribution in [-0.4, -0.2) is 44.9 Å². The topological polar surface area (TPSA) is 124 Å². The number of esters is 1. The maximum Gasteiger partial charge on any atom is 0.305 e. The molecule has 0 saturated carbocycles. The van der Waals surface area contributed by atoms with Crippen LogP contribution in [-0.2, 0) is 14.3 Å². The van der Waals surface area contributed by atoms with E-state index in [1.165, 1.54) is 0 Å². The number of rotatable bonds is 10. The lowest BCUT2D eigenvalue weighted by atomic mass is 10.2. The minimum atomic E-state index is -2.45. The van der Waals surface area contributed by atoms with Crippen molar-refractivity contribution in [3.8, 4) is 0 Å². The lowest BCUT2D eigenvalue weighted by molar-refractivity contribution is -0.315. The van der Waals surface area contributed by atoms with Gasteiger partial charge in [-0.05, 0) is 26.2 Å². The summed E-state index contributed by atoms with van der Waals surface area (Å²) in [5, 5.41) is 33.3. The molecule has 0 aromatic heterocycles. The fraction of sp³-hybridized carbons (Fsp3) is 0.857. The van der Waals surface area contributed by atoms with Gasteiger partial charge in [0, 0.05) is 19.3 Å². The van der Waals surface area contributed by atoms with Crippen molar-refractivity contribution >= 4 is 11.9 Å². The molecule has 0 spiro atoms. The summed E-state index contributed by atoms with van der Waals surface area (Å²) in [7, 11) is 0. The Labute approximate surface area is 125 Å². The van der Waals surface area contributed by atoms with E-state index in [-0.39, 0.29) is 18.8 Å². The molecule has 0 atom stereocenters. The number of carboxylic acids is 1. The Hall–Kier alpha value is -1.18. The van der Waals surface area contributed by atoms with Crippen LogP contribution in [0.3, 0.4) is 0 Å². The highest BCUT2D eigenvalue weighted by Gasteiger charge is 2.15. The summed E-state index contributed by atoms with van der Waals surface area (Å²) in [6.07, 6.45) is 4.19. The lowest BCUT2D eigenvalue weighted by Crippen LogP contribution is -2.26. The van der Waals surface area contributed by atoms with Crippen molar-refractivity contribution in [1.82, 2.24) is 0 Å². The molecule has 0 fully saturated rings. The van der Waals surface area contributed by atoms with Crippen LogP contribution in [0.1, 0.15) is 65.2 Å². The van der Waals surface area contributed by atoms with E-state index in [1.54, 1.807) is 6.92 Å². The highest BCUT2D eigenvalue weighted by atomic mass is 16.7. The van der Waals surface area contributed by atoms with E-state index in [0.29, 0.717) is 32.3 Å². The van der Waals surface area contributed by atoms with Crippen LogP contribution >= 0.6 is 0 Å². The van der Waals surface area contributed by atoms with E-state index in [9.17, 15) is 9.59 Å². The molecule has 0 aromatic rings. The first-order chi connectivity index (χ1) is 9.72. The van der Waals surface area contributed by atoms with E-state index in [1.807, 2.05) is 6.92 Å². The van der Waals surface area contributed by atoms with Gasteiger partial charge >= 0.3 is 11.9 Å². The van der Waals surface area contributed by atoms with E-state index in [2.05, 4.69) is 4.74 Å². The van der Waals surface area contributed by atoms with Gasteiger partial charge in [0.2, 0.25) is 0 Å². The summed E-state index contributed by atoms with van der Waals surface area (Å²) in [5.74, 6) is -3.52. The van der Waals surface area contributed by atoms with Crippen molar-refractivity contribution in [2.75, 3.05) is 6.61 Å². The van der Waals surface area contributed by atoms with Crippen molar-refractivity contribution in [1.29, 1.82) is 0 Å². The molecule has 126 valence electrons. The highest BCUT2D eigenvalue weighted by molar-refractivity contribution is 5.69. The third-order valence-electron chi connectivity index (χ3n) is 2.44. The Balaban J connectivity index is 0. The van der Waals surface area contributed by atoms with E-state index < -0.39 is 11.9 Å². The van der Waals surface area contributed by atoms with Crippen molar-refractivity contribution in [2.24, 2.45) is 0 Å². The zero-order valence-electron chi connectivity index (χ0n) is 12.9. The van der Waals surface area contributed by atoms with Crippen LogP contribution in [0, 0.1) is 0 Å². The zero-order valence-corrected chi connectivity index (χ0v) is 12.9. The Bertz CT molecular complexity index is 271. The van der Waals surface area contributed by atoms with Crippen molar-refractivity contribution in [3.05, 3.63) is 0 Å². The molecule has 4 N–H and O–H groups in total. The molecule has 7 nitrogen and oxygen atoms in total. The molecule has 0 aliphatic rings. The summed E-state index contributed by atoms with van der Waals surface area (Å²) >= 11 is 0. The Morgan fingerprint density at radius 1 is 0.952 bits per heavy atom. The maximum absolute atomic E-state index is 10.7. The fourth-order valence-electron chi connectivity index (χ4n) is 1.39. The average Bonchev–Trinajstić information content (AvgIpc) is 2.34. The number of carbonyl (C=O) groups excluding carboxylic acids is 1. The normalized spacial score (nSPS) is 10.5. The molecule has 0 aliphatic carbocycles. The third-order valence-corrected chi connectivity index (χ3v) is 2.44. The van der Waals surface area contributed by atoms with Crippen LogP contribution in [0.25, 0.3) is 0 Å².